The van der Waals surface area contributed by atoms with Gasteiger partial charge >= 0.3 is 0 Å². The van der Waals surface area contributed by atoms with E-state index in [2.05, 4.69) is 39.6 Å². The Morgan fingerprint density at radius 1 is 1.07 bits per heavy atom. The van der Waals surface area contributed by atoms with Crippen molar-refractivity contribution in [2.45, 2.75) is 38.6 Å². The quantitative estimate of drug-likeness (QED) is 0.712. The van der Waals surface area contributed by atoms with Gasteiger partial charge in [0.25, 0.3) is 0 Å². The van der Waals surface area contributed by atoms with E-state index in [9.17, 15) is 4.79 Å². The Hall–Kier alpha value is -3.12. The number of nitrogens with zero attached hydrogens (tertiary/aromatic N) is 3. The van der Waals surface area contributed by atoms with Gasteiger partial charge in [0.2, 0.25) is 5.91 Å². The molecule has 1 amide bonds. The van der Waals surface area contributed by atoms with Gasteiger partial charge in [-0.25, -0.2) is 0 Å². The Morgan fingerprint density at radius 2 is 1.83 bits per heavy atom. The highest BCUT2D eigenvalue weighted by atomic mass is 16.5. The number of para-hydroxylation sites is 1. The maximum atomic E-state index is 12.7. The van der Waals surface area contributed by atoms with Crippen molar-refractivity contribution in [2.24, 2.45) is 0 Å². The number of likely N-dealkylation sites (tertiary alicyclic amines) is 1. The minimum absolute atomic E-state index is 0.0198. The molecule has 6 heteroatoms. The molecular weight excluding hydrogens is 376 g/mol. The number of piperidine rings is 1. The fourth-order valence-electron chi connectivity index (χ4n) is 4.39. The lowest BCUT2D eigenvalue weighted by Gasteiger charge is -2.32. The van der Waals surface area contributed by atoms with Crippen LogP contribution in [0, 0.1) is 0 Å². The molecule has 0 radical (unpaired) electrons. The van der Waals surface area contributed by atoms with Gasteiger partial charge in [-0.2, -0.15) is 5.10 Å². The number of carbonyl (C=O) groups is 1. The Labute approximate surface area is 176 Å². The number of benzene rings is 2. The summed E-state index contributed by atoms with van der Waals surface area (Å²) in [7, 11) is 0. The van der Waals surface area contributed by atoms with Crippen molar-refractivity contribution < 1.29 is 9.53 Å². The van der Waals surface area contributed by atoms with E-state index in [0.717, 1.165) is 55.0 Å². The molecule has 1 fully saturated rings. The second kappa shape index (κ2) is 8.32. The van der Waals surface area contributed by atoms with Crippen LogP contribution < -0.4 is 10.1 Å². The Balaban J connectivity index is 1.17. The van der Waals surface area contributed by atoms with Crippen LogP contribution in [0.3, 0.4) is 0 Å². The molecule has 0 atom stereocenters. The summed E-state index contributed by atoms with van der Waals surface area (Å²) < 4.78 is 7.59. The summed E-state index contributed by atoms with van der Waals surface area (Å²) in [5, 5.41) is 7.67. The van der Waals surface area contributed by atoms with Gasteiger partial charge in [-0.1, -0.05) is 42.5 Å². The molecule has 0 aliphatic carbocycles. The zero-order valence-electron chi connectivity index (χ0n) is 17.0. The van der Waals surface area contributed by atoms with E-state index in [1.165, 1.54) is 5.56 Å². The van der Waals surface area contributed by atoms with E-state index in [0.29, 0.717) is 6.61 Å². The monoisotopic (exact) mass is 402 g/mol. The largest absolute Gasteiger partial charge is 0.488 e. The standard InChI is InChI=1S/C24H26N4O2/c29-23(26-20-10-12-27(13-11-20)15-18-6-2-1-3-7-18)16-28-24-19(14-25-28)17-30-22-9-5-4-8-21(22)24/h1-9,14,20H,10-13,15-17H2,(H,26,29). The minimum Gasteiger partial charge on any atom is -0.488 e. The fraction of sp³-hybridized carbons (Fsp3) is 0.333. The molecule has 0 bridgehead atoms. The number of hydrogen-bond acceptors (Lipinski definition) is 4. The van der Waals surface area contributed by atoms with E-state index in [1.807, 2.05) is 30.3 Å². The lowest BCUT2D eigenvalue weighted by Crippen LogP contribution is -2.45. The zero-order chi connectivity index (χ0) is 20.3. The van der Waals surface area contributed by atoms with Gasteiger partial charge in [-0.15, -0.1) is 0 Å². The van der Waals surface area contributed by atoms with E-state index >= 15 is 0 Å². The first-order chi connectivity index (χ1) is 14.8. The van der Waals surface area contributed by atoms with Crippen LogP contribution in [0.1, 0.15) is 24.0 Å². The molecule has 1 saturated heterocycles. The van der Waals surface area contributed by atoms with Gasteiger partial charge < -0.3 is 10.1 Å². The number of hydrogen-bond donors (Lipinski definition) is 1. The number of aromatic nitrogens is 2. The highest BCUT2D eigenvalue weighted by Crippen LogP contribution is 2.36. The first-order valence-corrected chi connectivity index (χ1v) is 10.6. The highest BCUT2D eigenvalue weighted by molar-refractivity contribution is 5.78. The van der Waals surface area contributed by atoms with Crippen LogP contribution in [0.2, 0.25) is 0 Å². The third-order valence-electron chi connectivity index (χ3n) is 5.94. The van der Waals surface area contributed by atoms with Crippen molar-refractivity contribution in [1.29, 1.82) is 0 Å². The Bertz CT molecular complexity index is 1020. The number of carbonyl (C=O) groups excluding carboxylic acids is 1. The molecule has 154 valence electrons. The molecule has 1 aromatic heterocycles. The van der Waals surface area contributed by atoms with Crippen LogP contribution in [0.25, 0.3) is 11.3 Å². The third kappa shape index (κ3) is 3.96. The van der Waals surface area contributed by atoms with Gasteiger partial charge in [0.1, 0.15) is 18.9 Å². The predicted molar refractivity (Wildman–Crippen MR) is 115 cm³/mol. The van der Waals surface area contributed by atoms with Crippen LogP contribution >= 0.6 is 0 Å². The van der Waals surface area contributed by atoms with Gasteiger partial charge in [-0.05, 0) is 30.5 Å². The summed E-state index contributed by atoms with van der Waals surface area (Å²) in [4.78, 5) is 15.2. The topological polar surface area (TPSA) is 59.4 Å². The molecule has 0 spiro atoms. The average molecular weight is 402 g/mol. The number of rotatable bonds is 5. The molecule has 0 unspecified atom stereocenters. The van der Waals surface area contributed by atoms with Crippen molar-refractivity contribution in [3.63, 3.8) is 0 Å². The first-order valence-electron chi connectivity index (χ1n) is 10.6. The molecule has 3 heterocycles. The number of ether oxygens (including phenoxy) is 1. The second-order valence-electron chi connectivity index (χ2n) is 8.06. The van der Waals surface area contributed by atoms with Crippen molar-refractivity contribution >= 4 is 5.91 Å². The molecule has 3 aromatic rings. The van der Waals surface area contributed by atoms with Gasteiger partial charge in [-0.3, -0.25) is 14.4 Å². The van der Waals surface area contributed by atoms with E-state index in [1.54, 1.807) is 10.9 Å². The van der Waals surface area contributed by atoms with Crippen LogP contribution in [0.4, 0.5) is 0 Å². The summed E-state index contributed by atoms with van der Waals surface area (Å²) in [6, 6.07) is 18.7. The van der Waals surface area contributed by atoms with Gasteiger partial charge in [0, 0.05) is 36.8 Å². The van der Waals surface area contributed by atoms with E-state index < -0.39 is 0 Å². The second-order valence-corrected chi connectivity index (χ2v) is 8.06. The Morgan fingerprint density at radius 3 is 2.67 bits per heavy atom. The van der Waals surface area contributed by atoms with Crippen molar-refractivity contribution in [3.8, 4) is 17.0 Å². The lowest BCUT2D eigenvalue weighted by molar-refractivity contribution is -0.122. The van der Waals surface area contributed by atoms with E-state index in [4.69, 9.17) is 4.74 Å². The fourth-order valence-corrected chi connectivity index (χ4v) is 4.39. The number of fused-ring (bicyclic) bond motifs is 3. The van der Waals surface area contributed by atoms with Crippen molar-refractivity contribution in [3.05, 3.63) is 71.9 Å². The molecule has 2 aromatic carbocycles. The smallest absolute Gasteiger partial charge is 0.241 e. The summed E-state index contributed by atoms with van der Waals surface area (Å²) in [6.07, 6.45) is 3.76. The molecule has 2 aliphatic heterocycles. The molecular formula is C24H26N4O2. The molecule has 1 N–H and O–H groups in total. The van der Waals surface area contributed by atoms with Gasteiger partial charge in [0.05, 0.1) is 11.9 Å². The van der Waals surface area contributed by atoms with Gasteiger partial charge in [0.15, 0.2) is 0 Å². The summed E-state index contributed by atoms with van der Waals surface area (Å²) >= 11 is 0. The van der Waals surface area contributed by atoms with Crippen molar-refractivity contribution in [1.82, 2.24) is 20.0 Å². The van der Waals surface area contributed by atoms with E-state index in [-0.39, 0.29) is 18.5 Å². The molecule has 5 rings (SSSR count). The normalized spacial score (nSPS) is 16.4. The van der Waals surface area contributed by atoms with Crippen LogP contribution in [-0.2, 0) is 24.5 Å². The summed E-state index contributed by atoms with van der Waals surface area (Å²) in [5.41, 5.74) is 4.35. The molecule has 30 heavy (non-hydrogen) atoms. The van der Waals surface area contributed by atoms with Crippen LogP contribution in [-0.4, -0.2) is 39.7 Å². The summed E-state index contributed by atoms with van der Waals surface area (Å²) in [5.74, 6) is 0.865. The molecule has 2 aliphatic rings. The van der Waals surface area contributed by atoms with Crippen LogP contribution in [0.15, 0.2) is 60.8 Å². The predicted octanol–water partition coefficient (Wildman–Crippen LogP) is 3.22. The molecule has 0 saturated carbocycles. The highest BCUT2D eigenvalue weighted by Gasteiger charge is 2.24. The van der Waals surface area contributed by atoms with Crippen LogP contribution in [0.5, 0.6) is 5.75 Å². The molecule has 6 nitrogen and oxygen atoms in total. The minimum atomic E-state index is 0.0198. The average Bonchev–Trinajstić information content (AvgIpc) is 3.19. The first kappa shape index (κ1) is 18.9. The maximum Gasteiger partial charge on any atom is 0.241 e. The summed E-state index contributed by atoms with van der Waals surface area (Å²) in [6.45, 7) is 3.70. The van der Waals surface area contributed by atoms with Crippen molar-refractivity contribution in [2.75, 3.05) is 13.1 Å². The number of nitrogens with one attached hydrogen (secondary N) is 1. The maximum absolute atomic E-state index is 12.7. The lowest BCUT2D eigenvalue weighted by atomic mass is 10.0. The number of amides is 1. The SMILES string of the molecule is O=C(Cn1ncc2c1-c1ccccc1OC2)NC1CCN(Cc2ccccc2)CC1. The zero-order valence-corrected chi connectivity index (χ0v) is 17.0. The third-order valence-corrected chi connectivity index (χ3v) is 5.94. The Kier molecular flexibility index (Phi) is 5.24.